The van der Waals surface area contributed by atoms with Gasteiger partial charge in [-0.1, -0.05) is 18.1 Å². The van der Waals surface area contributed by atoms with E-state index in [1.54, 1.807) is 6.20 Å². The van der Waals surface area contributed by atoms with E-state index in [1.165, 1.54) is 6.20 Å². The van der Waals surface area contributed by atoms with Crippen LogP contribution in [0.1, 0.15) is 54.0 Å². The maximum absolute atomic E-state index is 12.6. The second-order valence-corrected chi connectivity index (χ2v) is 6.00. The van der Waals surface area contributed by atoms with E-state index in [-0.39, 0.29) is 24.0 Å². The van der Waals surface area contributed by atoms with E-state index in [1.807, 2.05) is 25.1 Å². The number of hydrogen-bond donors (Lipinski definition) is 2. The van der Waals surface area contributed by atoms with Crippen LogP contribution in [0, 0.1) is 5.92 Å². The molecule has 0 saturated heterocycles. The van der Waals surface area contributed by atoms with Crippen molar-refractivity contribution < 1.29 is 14.4 Å². The number of aromatic nitrogens is 2. The molecule has 1 saturated carbocycles. The Bertz CT molecular complexity index is 650. The van der Waals surface area contributed by atoms with Crippen molar-refractivity contribution in [3.8, 4) is 0 Å². The number of hydrogen-bond acceptors (Lipinski definition) is 5. The van der Waals surface area contributed by atoms with Crippen LogP contribution in [0.2, 0.25) is 0 Å². The molecule has 23 heavy (non-hydrogen) atoms. The van der Waals surface area contributed by atoms with Crippen LogP contribution in [-0.4, -0.2) is 27.3 Å². The summed E-state index contributed by atoms with van der Waals surface area (Å²) in [5, 5.41) is 16.4. The van der Waals surface area contributed by atoms with Crippen molar-refractivity contribution in [2.75, 3.05) is 0 Å². The fraction of sp³-hybridized carbons (Fsp3) is 0.471. The summed E-state index contributed by atoms with van der Waals surface area (Å²) >= 11 is 0. The molecule has 2 heterocycles. The number of pyridine rings is 1. The molecule has 1 aliphatic carbocycles. The lowest BCUT2D eigenvalue weighted by atomic mass is 9.76. The third-order valence-corrected chi connectivity index (χ3v) is 4.28. The van der Waals surface area contributed by atoms with Crippen molar-refractivity contribution in [1.29, 1.82) is 0 Å². The Hall–Kier alpha value is -2.21. The summed E-state index contributed by atoms with van der Waals surface area (Å²) in [6, 6.07) is 5.43. The quantitative estimate of drug-likeness (QED) is 0.853. The fourth-order valence-electron chi connectivity index (χ4n) is 2.97. The van der Waals surface area contributed by atoms with Crippen LogP contribution in [0.3, 0.4) is 0 Å². The van der Waals surface area contributed by atoms with Crippen molar-refractivity contribution >= 4 is 5.91 Å². The van der Waals surface area contributed by atoms with Gasteiger partial charge in [0.1, 0.15) is 11.3 Å². The number of amides is 1. The van der Waals surface area contributed by atoms with E-state index in [2.05, 4.69) is 15.5 Å². The minimum atomic E-state index is -0.283. The zero-order valence-electron chi connectivity index (χ0n) is 13.1. The summed E-state index contributed by atoms with van der Waals surface area (Å²) in [5.74, 6) is 0.600. The number of nitrogens with one attached hydrogen (secondary N) is 1. The van der Waals surface area contributed by atoms with Gasteiger partial charge in [0.25, 0.3) is 5.91 Å². The molecule has 0 spiro atoms. The van der Waals surface area contributed by atoms with E-state index in [0.717, 1.165) is 12.1 Å². The highest BCUT2D eigenvalue weighted by Crippen LogP contribution is 2.37. The molecule has 0 bridgehead atoms. The summed E-state index contributed by atoms with van der Waals surface area (Å²) in [6.07, 6.45) is 5.80. The van der Waals surface area contributed by atoms with Gasteiger partial charge >= 0.3 is 0 Å². The molecule has 0 aliphatic heterocycles. The molecule has 2 aromatic rings. The van der Waals surface area contributed by atoms with Crippen molar-refractivity contribution in [3.63, 3.8) is 0 Å². The third kappa shape index (κ3) is 3.42. The topological polar surface area (TPSA) is 88.3 Å². The number of rotatable bonds is 6. The Morgan fingerprint density at radius 1 is 1.48 bits per heavy atom. The number of carbonyl (C=O) groups is 1. The van der Waals surface area contributed by atoms with Crippen LogP contribution >= 0.6 is 0 Å². The maximum atomic E-state index is 12.6. The molecular formula is C17H21N3O3. The Kier molecular flexibility index (Phi) is 4.71. The average Bonchev–Trinajstić information content (AvgIpc) is 2.99. The number of nitrogens with zero attached hydrogens (tertiary/aromatic N) is 2. The lowest BCUT2D eigenvalue weighted by molar-refractivity contribution is 0.0228. The molecule has 6 nitrogen and oxygen atoms in total. The van der Waals surface area contributed by atoms with E-state index < -0.39 is 0 Å². The van der Waals surface area contributed by atoms with Crippen LogP contribution in [0.4, 0.5) is 0 Å². The molecule has 1 amide bonds. The Morgan fingerprint density at radius 2 is 2.30 bits per heavy atom. The third-order valence-electron chi connectivity index (χ3n) is 4.28. The lowest BCUT2D eigenvalue weighted by Gasteiger charge is -2.37. The molecule has 1 aliphatic rings. The predicted molar refractivity (Wildman–Crippen MR) is 83.7 cm³/mol. The summed E-state index contributed by atoms with van der Waals surface area (Å²) in [7, 11) is 0. The first-order chi connectivity index (χ1) is 11.2. The van der Waals surface area contributed by atoms with Gasteiger partial charge in [0.15, 0.2) is 0 Å². The van der Waals surface area contributed by atoms with E-state index >= 15 is 0 Å². The van der Waals surface area contributed by atoms with Gasteiger partial charge in [0, 0.05) is 12.6 Å². The molecule has 1 fully saturated rings. The maximum Gasteiger partial charge on any atom is 0.257 e. The second kappa shape index (κ2) is 6.91. The zero-order chi connectivity index (χ0) is 16.2. The highest BCUT2D eigenvalue weighted by molar-refractivity contribution is 5.95. The van der Waals surface area contributed by atoms with Crippen LogP contribution in [-0.2, 0) is 6.42 Å². The van der Waals surface area contributed by atoms with Crippen LogP contribution < -0.4 is 5.32 Å². The molecule has 6 heteroatoms. The normalized spacial score (nSPS) is 21.5. The summed E-state index contributed by atoms with van der Waals surface area (Å²) in [5.41, 5.74) is 1.29. The van der Waals surface area contributed by atoms with Gasteiger partial charge in [-0.2, -0.15) is 0 Å². The minimum Gasteiger partial charge on any atom is -0.393 e. The molecule has 0 aromatic carbocycles. The highest BCUT2D eigenvalue weighted by Gasteiger charge is 2.36. The summed E-state index contributed by atoms with van der Waals surface area (Å²) < 4.78 is 5.16. The first-order valence-corrected chi connectivity index (χ1v) is 8.02. The van der Waals surface area contributed by atoms with Gasteiger partial charge < -0.3 is 14.9 Å². The van der Waals surface area contributed by atoms with Crippen molar-refractivity contribution in [2.24, 2.45) is 5.92 Å². The highest BCUT2D eigenvalue weighted by atomic mass is 16.5. The molecule has 122 valence electrons. The smallest absolute Gasteiger partial charge is 0.257 e. The van der Waals surface area contributed by atoms with Crippen LogP contribution in [0.5, 0.6) is 0 Å². The van der Waals surface area contributed by atoms with Gasteiger partial charge in [-0.25, -0.2) is 0 Å². The molecule has 1 unspecified atom stereocenters. The van der Waals surface area contributed by atoms with Crippen molar-refractivity contribution in [3.05, 3.63) is 47.6 Å². The first-order valence-electron chi connectivity index (χ1n) is 8.02. The lowest BCUT2D eigenvalue weighted by Crippen LogP contribution is -2.41. The van der Waals surface area contributed by atoms with Gasteiger partial charge in [0.05, 0.1) is 24.0 Å². The minimum absolute atomic E-state index is 0.193. The van der Waals surface area contributed by atoms with Gasteiger partial charge in [-0.15, -0.1) is 0 Å². The van der Waals surface area contributed by atoms with Crippen molar-refractivity contribution in [1.82, 2.24) is 15.5 Å². The average molecular weight is 315 g/mol. The summed E-state index contributed by atoms with van der Waals surface area (Å²) in [4.78, 5) is 17.0. The SMILES string of the molecule is CCCc1oncc1C(=O)NC(c1ccccn1)C1CC(O)C1. The molecule has 1 atom stereocenters. The number of aryl methyl sites for hydroxylation is 1. The predicted octanol–water partition coefficient (Wildman–Crippen LogP) is 2.26. The van der Waals surface area contributed by atoms with Crippen LogP contribution in [0.15, 0.2) is 35.1 Å². The summed E-state index contributed by atoms with van der Waals surface area (Å²) in [6.45, 7) is 2.02. The second-order valence-electron chi connectivity index (χ2n) is 6.00. The fourth-order valence-corrected chi connectivity index (χ4v) is 2.97. The molecule has 2 N–H and O–H groups in total. The van der Waals surface area contributed by atoms with Crippen molar-refractivity contribution in [2.45, 2.75) is 44.8 Å². The largest absolute Gasteiger partial charge is 0.393 e. The van der Waals surface area contributed by atoms with E-state index in [0.29, 0.717) is 30.6 Å². The Morgan fingerprint density at radius 3 is 2.96 bits per heavy atom. The molecule has 2 aromatic heterocycles. The number of carbonyl (C=O) groups excluding carboxylic acids is 1. The molecule has 3 rings (SSSR count). The van der Waals surface area contributed by atoms with E-state index in [4.69, 9.17) is 4.52 Å². The van der Waals surface area contributed by atoms with Gasteiger partial charge in [0.2, 0.25) is 0 Å². The Balaban J connectivity index is 1.78. The monoisotopic (exact) mass is 315 g/mol. The van der Waals surface area contributed by atoms with Gasteiger partial charge in [-0.3, -0.25) is 9.78 Å². The first kappa shape index (κ1) is 15.7. The molecular weight excluding hydrogens is 294 g/mol. The Labute approximate surface area is 134 Å². The number of aliphatic hydroxyl groups is 1. The standard InChI is InChI=1S/C17H21N3O3/c1-2-5-15-13(10-19-23-15)17(22)20-16(11-8-12(21)9-11)14-6-3-4-7-18-14/h3-4,6-7,10-12,16,21H,2,5,8-9H2,1H3,(H,20,22). The van der Waals surface area contributed by atoms with Crippen LogP contribution in [0.25, 0.3) is 0 Å². The van der Waals surface area contributed by atoms with Gasteiger partial charge in [-0.05, 0) is 37.3 Å². The zero-order valence-corrected chi connectivity index (χ0v) is 13.1. The molecule has 0 radical (unpaired) electrons. The van der Waals surface area contributed by atoms with E-state index in [9.17, 15) is 9.90 Å². The number of aliphatic hydroxyl groups excluding tert-OH is 1.